The maximum Gasteiger partial charge on any atom is 0.264 e. The number of benzene rings is 3. The highest BCUT2D eigenvalue weighted by atomic mass is 32.2. The number of nitrogens with zero attached hydrogens (tertiary/aromatic N) is 3. The van der Waals surface area contributed by atoms with Crippen molar-refractivity contribution in [3.05, 3.63) is 95.6 Å². The van der Waals surface area contributed by atoms with E-state index in [4.69, 9.17) is 14.2 Å². The third-order valence-corrected chi connectivity index (χ3v) is 8.39. The smallest absolute Gasteiger partial charge is 0.264 e. The molecule has 0 fully saturated rings. The summed E-state index contributed by atoms with van der Waals surface area (Å²) in [4.78, 5) is 13.0. The van der Waals surface area contributed by atoms with Crippen molar-refractivity contribution < 1.29 is 31.8 Å². The third-order valence-electron chi connectivity index (χ3n) is 6.62. The Hall–Kier alpha value is -4.84. The van der Waals surface area contributed by atoms with Gasteiger partial charge in [-0.25, -0.2) is 18.2 Å². The lowest BCUT2D eigenvalue weighted by molar-refractivity contribution is -0.119. The van der Waals surface area contributed by atoms with E-state index in [9.17, 15) is 17.6 Å². The summed E-state index contributed by atoms with van der Waals surface area (Å²) >= 11 is 0. The molecule has 0 aliphatic heterocycles. The van der Waals surface area contributed by atoms with Crippen LogP contribution in [0.5, 0.6) is 17.2 Å². The Morgan fingerprint density at radius 2 is 1.70 bits per heavy atom. The van der Waals surface area contributed by atoms with E-state index in [0.29, 0.717) is 35.1 Å². The molecule has 0 spiro atoms. The number of amides is 1. The summed E-state index contributed by atoms with van der Waals surface area (Å²) in [5.74, 6) is 0.0766. The predicted molar refractivity (Wildman–Crippen MR) is 163 cm³/mol. The van der Waals surface area contributed by atoms with Crippen molar-refractivity contribution in [2.45, 2.75) is 25.7 Å². The first kappa shape index (κ1) is 31.1. The minimum absolute atomic E-state index is 0.101. The molecule has 4 aromatic rings. The van der Waals surface area contributed by atoms with Crippen LogP contribution in [0.1, 0.15) is 23.9 Å². The van der Waals surface area contributed by atoms with Crippen LogP contribution in [0.25, 0.3) is 5.69 Å². The van der Waals surface area contributed by atoms with Crippen molar-refractivity contribution in [3.63, 3.8) is 0 Å². The van der Waals surface area contributed by atoms with Gasteiger partial charge in [-0.15, -0.1) is 0 Å². The van der Waals surface area contributed by atoms with E-state index in [-0.39, 0.29) is 22.1 Å². The second kappa shape index (κ2) is 13.4. The van der Waals surface area contributed by atoms with Crippen LogP contribution in [0.2, 0.25) is 0 Å². The van der Waals surface area contributed by atoms with Crippen LogP contribution in [-0.2, 0) is 14.8 Å². The highest BCUT2D eigenvalue weighted by Gasteiger charge is 2.28. The molecule has 1 N–H and O–H groups in total. The number of nitrogens with one attached hydrogen (secondary N) is 1. The summed E-state index contributed by atoms with van der Waals surface area (Å²) in [7, 11) is -1.40. The molecule has 0 radical (unpaired) electrons. The minimum atomic E-state index is -4.25. The Labute approximate surface area is 250 Å². The second-order valence-corrected chi connectivity index (χ2v) is 11.2. The maximum absolute atomic E-state index is 14.4. The molecule has 0 unspecified atom stereocenters. The van der Waals surface area contributed by atoms with Gasteiger partial charge in [-0.1, -0.05) is 12.1 Å². The monoisotopic (exact) mass is 608 g/mol. The van der Waals surface area contributed by atoms with Crippen LogP contribution < -0.4 is 23.9 Å². The van der Waals surface area contributed by atoms with Gasteiger partial charge in [0.1, 0.15) is 18.1 Å². The van der Waals surface area contributed by atoms with Crippen molar-refractivity contribution in [2.75, 3.05) is 31.7 Å². The van der Waals surface area contributed by atoms with Crippen molar-refractivity contribution >= 4 is 27.8 Å². The zero-order valence-electron chi connectivity index (χ0n) is 24.5. The zero-order chi connectivity index (χ0) is 31.1. The van der Waals surface area contributed by atoms with Crippen LogP contribution in [0.4, 0.5) is 10.1 Å². The van der Waals surface area contributed by atoms with Crippen LogP contribution in [-0.4, -0.2) is 52.5 Å². The van der Waals surface area contributed by atoms with Gasteiger partial charge in [0.25, 0.3) is 15.9 Å². The number of carbonyl (C=O) groups is 1. The number of aromatic nitrogens is 1. The summed E-state index contributed by atoms with van der Waals surface area (Å²) < 4.78 is 60.8. The number of sulfonamides is 1. The molecule has 0 aliphatic carbocycles. The number of hydrogen-bond acceptors (Lipinski definition) is 7. The van der Waals surface area contributed by atoms with Crippen LogP contribution in [0, 0.1) is 19.7 Å². The summed E-state index contributed by atoms with van der Waals surface area (Å²) in [5, 5.41) is 4.05. The number of hydrazone groups is 1. The fourth-order valence-electron chi connectivity index (χ4n) is 4.56. The van der Waals surface area contributed by atoms with Crippen molar-refractivity contribution in [1.29, 1.82) is 0 Å². The summed E-state index contributed by atoms with van der Waals surface area (Å²) in [6.07, 6.45) is 1.43. The highest BCUT2D eigenvalue weighted by molar-refractivity contribution is 7.92. The average Bonchev–Trinajstić information content (AvgIpc) is 3.28. The van der Waals surface area contributed by atoms with Gasteiger partial charge < -0.3 is 18.8 Å². The summed E-state index contributed by atoms with van der Waals surface area (Å²) in [5.41, 5.74) is 5.19. The molecule has 43 heavy (non-hydrogen) atoms. The Balaban J connectivity index is 1.60. The lowest BCUT2D eigenvalue weighted by atomic mass is 10.2. The Morgan fingerprint density at radius 1 is 1.00 bits per heavy atom. The standard InChI is InChI=1S/C31H33FN4O6S/c1-6-42-25-13-11-24(12-14-25)35(43(38,39)26-15-16-29(40-4)30(18-26)41-5)20-31(37)34-33-19-23-17-21(2)36(22(23)3)28-10-8-7-9-27(28)32/h7-19H,6,20H2,1-5H3,(H,34,37)/b33-19-. The number of carbonyl (C=O) groups excluding carboxylic acids is 1. The van der Waals surface area contributed by atoms with Crippen LogP contribution >= 0.6 is 0 Å². The Bertz CT molecular complexity index is 1740. The number of aryl methyl sites for hydroxylation is 1. The van der Waals surface area contributed by atoms with Crippen molar-refractivity contribution in [1.82, 2.24) is 9.99 Å². The van der Waals surface area contributed by atoms with E-state index in [1.807, 2.05) is 26.8 Å². The lowest BCUT2D eigenvalue weighted by Gasteiger charge is -2.24. The van der Waals surface area contributed by atoms with Gasteiger partial charge in [0.15, 0.2) is 11.5 Å². The number of para-hydroxylation sites is 1. The molecule has 1 aromatic heterocycles. The fourth-order valence-corrected chi connectivity index (χ4v) is 5.99. The largest absolute Gasteiger partial charge is 0.494 e. The van der Waals surface area contributed by atoms with E-state index in [0.717, 1.165) is 10.00 Å². The maximum atomic E-state index is 14.4. The first-order chi connectivity index (χ1) is 20.6. The predicted octanol–water partition coefficient (Wildman–Crippen LogP) is 4.99. The fraction of sp³-hybridized carbons (Fsp3) is 0.226. The molecular weight excluding hydrogens is 575 g/mol. The Kier molecular flexibility index (Phi) is 9.71. The second-order valence-electron chi connectivity index (χ2n) is 9.36. The van der Waals surface area contributed by atoms with Gasteiger partial charge in [-0.05, 0) is 75.4 Å². The van der Waals surface area contributed by atoms with Crippen LogP contribution in [0.3, 0.4) is 0 Å². The van der Waals surface area contributed by atoms with Gasteiger partial charge in [0.05, 0.1) is 43.3 Å². The molecule has 10 nitrogen and oxygen atoms in total. The minimum Gasteiger partial charge on any atom is -0.494 e. The van der Waals surface area contributed by atoms with Gasteiger partial charge >= 0.3 is 0 Å². The molecule has 0 saturated heterocycles. The van der Waals surface area contributed by atoms with E-state index in [1.54, 1.807) is 47.0 Å². The SMILES string of the molecule is CCOc1ccc(N(CC(=O)N/N=C\c2cc(C)n(-c3ccccc3F)c2C)S(=O)(=O)c2ccc(OC)c(OC)c2)cc1. The van der Waals surface area contributed by atoms with Gasteiger partial charge in [0, 0.05) is 23.0 Å². The van der Waals surface area contributed by atoms with Gasteiger partial charge in [-0.2, -0.15) is 5.10 Å². The van der Waals surface area contributed by atoms with E-state index in [2.05, 4.69) is 10.5 Å². The lowest BCUT2D eigenvalue weighted by Crippen LogP contribution is -2.39. The van der Waals surface area contributed by atoms with E-state index in [1.165, 1.54) is 44.7 Å². The number of anilines is 1. The molecular formula is C31H33FN4O6S. The normalized spacial score (nSPS) is 11.4. The summed E-state index contributed by atoms with van der Waals surface area (Å²) in [6.45, 7) is 5.35. The van der Waals surface area contributed by atoms with Crippen LogP contribution in [0.15, 0.2) is 82.8 Å². The molecule has 4 rings (SSSR count). The number of rotatable bonds is 12. The van der Waals surface area contributed by atoms with E-state index < -0.39 is 22.5 Å². The number of ether oxygens (including phenoxy) is 3. The number of halogens is 1. The molecule has 12 heteroatoms. The summed E-state index contributed by atoms with van der Waals surface area (Å²) in [6, 6.07) is 18.8. The molecule has 0 saturated carbocycles. The number of hydrogen-bond donors (Lipinski definition) is 1. The Morgan fingerprint density at radius 3 is 2.35 bits per heavy atom. The zero-order valence-corrected chi connectivity index (χ0v) is 25.3. The molecule has 3 aromatic carbocycles. The molecule has 1 heterocycles. The molecule has 0 bridgehead atoms. The quantitative estimate of drug-likeness (QED) is 0.179. The third kappa shape index (κ3) is 6.81. The van der Waals surface area contributed by atoms with Crippen molar-refractivity contribution in [2.24, 2.45) is 5.10 Å². The van der Waals surface area contributed by atoms with E-state index >= 15 is 0 Å². The van der Waals surface area contributed by atoms with Crippen molar-refractivity contribution in [3.8, 4) is 22.9 Å². The van der Waals surface area contributed by atoms with Gasteiger partial charge in [0.2, 0.25) is 0 Å². The first-order valence-corrected chi connectivity index (χ1v) is 14.8. The average molecular weight is 609 g/mol. The van der Waals surface area contributed by atoms with Gasteiger partial charge in [-0.3, -0.25) is 9.10 Å². The highest BCUT2D eigenvalue weighted by Crippen LogP contribution is 2.32. The molecule has 0 aliphatic rings. The molecule has 1 amide bonds. The molecule has 226 valence electrons. The number of methoxy groups -OCH3 is 2. The first-order valence-electron chi connectivity index (χ1n) is 13.3. The molecule has 0 atom stereocenters. The topological polar surface area (TPSA) is 111 Å².